The van der Waals surface area contributed by atoms with Gasteiger partial charge in [-0.15, -0.1) is 0 Å². The zero-order valence-electron chi connectivity index (χ0n) is 19.3. The summed E-state index contributed by atoms with van der Waals surface area (Å²) in [5.74, 6) is 0.646. The summed E-state index contributed by atoms with van der Waals surface area (Å²) in [5, 5.41) is 4.00. The first-order valence-electron chi connectivity index (χ1n) is 11.7. The normalized spacial score (nSPS) is 14.5. The first kappa shape index (κ1) is 22.2. The molecule has 174 valence electrons. The molecule has 0 aliphatic carbocycles. The summed E-state index contributed by atoms with van der Waals surface area (Å²) in [5.41, 5.74) is 4.71. The number of amides is 2. The van der Waals surface area contributed by atoms with E-state index >= 15 is 0 Å². The van der Waals surface area contributed by atoms with Crippen molar-refractivity contribution in [2.24, 2.45) is 0 Å². The highest BCUT2D eigenvalue weighted by atomic mass is 19.1. The summed E-state index contributed by atoms with van der Waals surface area (Å²) in [7, 11) is 0. The van der Waals surface area contributed by atoms with E-state index in [1.54, 1.807) is 6.07 Å². The second-order valence-electron chi connectivity index (χ2n) is 8.72. The van der Waals surface area contributed by atoms with Crippen molar-refractivity contribution in [3.8, 4) is 11.1 Å². The number of rotatable bonds is 5. The van der Waals surface area contributed by atoms with Gasteiger partial charge in [0, 0.05) is 37.3 Å². The van der Waals surface area contributed by atoms with Crippen LogP contribution < -0.4 is 5.32 Å². The maximum atomic E-state index is 13.6. The number of anilines is 1. The Labute approximate surface area is 198 Å². The molecule has 34 heavy (non-hydrogen) atoms. The van der Waals surface area contributed by atoms with E-state index in [1.807, 2.05) is 53.4 Å². The smallest absolute Gasteiger partial charge is 0.321 e. The van der Waals surface area contributed by atoms with Crippen molar-refractivity contribution in [1.82, 2.24) is 9.80 Å². The lowest BCUT2D eigenvalue weighted by Gasteiger charge is -2.34. The predicted octanol–water partition coefficient (Wildman–Crippen LogP) is 6.15. The number of benzene rings is 3. The van der Waals surface area contributed by atoms with Crippen molar-refractivity contribution < 1.29 is 13.6 Å². The predicted molar refractivity (Wildman–Crippen MR) is 133 cm³/mol. The van der Waals surface area contributed by atoms with Crippen LogP contribution in [0.3, 0.4) is 0 Å². The lowest BCUT2D eigenvalue weighted by Crippen LogP contribution is -2.49. The third-order valence-corrected chi connectivity index (χ3v) is 6.38. The number of nitrogens with one attached hydrogen (secondary N) is 1. The zero-order chi connectivity index (χ0) is 23.5. The molecule has 0 unspecified atom stereocenters. The average Bonchev–Trinajstić information content (AvgIpc) is 3.26. The van der Waals surface area contributed by atoms with Crippen LogP contribution in [0, 0.1) is 5.82 Å². The van der Waals surface area contributed by atoms with Crippen molar-refractivity contribution in [3.05, 3.63) is 89.9 Å². The molecule has 5 rings (SSSR count). The van der Waals surface area contributed by atoms with Gasteiger partial charge in [-0.1, -0.05) is 37.3 Å². The van der Waals surface area contributed by atoms with Crippen molar-refractivity contribution in [1.29, 1.82) is 0 Å². The van der Waals surface area contributed by atoms with Gasteiger partial charge < -0.3 is 14.6 Å². The van der Waals surface area contributed by atoms with Crippen LogP contribution in [0.2, 0.25) is 0 Å². The minimum absolute atomic E-state index is 0.0579. The highest BCUT2D eigenvalue weighted by Gasteiger charge is 2.22. The monoisotopic (exact) mass is 457 g/mol. The summed E-state index contributed by atoms with van der Waals surface area (Å²) in [6.07, 6.45) is 0.982. The quantitative estimate of drug-likeness (QED) is 0.391. The maximum Gasteiger partial charge on any atom is 0.321 e. The summed E-state index contributed by atoms with van der Waals surface area (Å²) < 4.78 is 19.6. The van der Waals surface area contributed by atoms with Gasteiger partial charge in [0.2, 0.25) is 0 Å². The highest BCUT2D eigenvalue weighted by Crippen LogP contribution is 2.28. The van der Waals surface area contributed by atoms with Gasteiger partial charge >= 0.3 is 6.03 Å². The Morgan fingerprint density at radius 1 is 0.941 bits per heavy atom. The number of furan rings is 1. The number of aryl methyl sites for hydroxylation is 1. The molecule has 0 spiro atoms. The Hall–Kier alpha value is -3.64. The fourth-order valence-corrected chi connectivity index (χ4v) is 4.38. The molecule has 2 heterocycles. The van der Waals surface area contributed by atoms with Gasteiger partial charge in [0.05, 0.1) is 6.54 Å². The van der Waals surface area contributed by atoms with Crippen LogP contribution >= 0.6 is 0 Å². The SMILES string of the molecule is CCc1ccc(NC(=O)N2CCN(Cc3cc4cc(-c5cccc(F)c5)ccc4o3)CC2)cc1. The Balaban J connectivity index is 1.18. The average molecular weight is 458 g/mol. The van der Waals surface area contributed by atoms with Gasteiger partial charge in [0.1, 0.15) is 17.2 Å². The van der Waals surface area contributed by atoms with Gasteiger partial charge in [-0.05, 0) is 65.6 Å². The zero-order valence-corrected chi connectivity index (χ0v) is 19.3. The first-order chi connectivity index (χ1) is 16.6. The number of carbonyl (C=O) groups excluding carboxylic acids is 1. The first-order valence-corrected chi connectivity index (χ1v) is 11.7. The van der Waals surface area contributed by atoms with E-state index in [9.17, 15) is 9.18 Å². The third-order valence-electron chi connectivity index (χ3n) is 6.38. The van der Waals surface area contributed by atoms with E-state index in [-0.39, 0.29) is 11.8 Å². The van der Waals surface area contributed by atoms with Crippen LogP contribution in [0.25, 0.3) is 22.1 Å². The minimum Gasteiger partial charge on any atom is -0.460 e. The summed E-state index contributed by atoms with van der Waals surface area (Å²) >= 11 is 0. The van der Waals surface area contributed by atoms with Crippen LogP contribution in [-0.2, 0) is 13.0 Å². The molecule has 0 bridgehead atoms. The molecule has 1 aromatic heterocycles. The van der Waals surface area contributed by atoms with Crippen LogP contribution in [0.5, 0.6) is 0 Å². The van der Waals surface area contributed by atoms with Crippen molar-refractivity contribution in [2.75, 3.05) is 31.5 Å². The van der Waals surface area contributed by atoms with Crippen molar-refractivity contribution >= 4 is 22.7 Å². The molecule has 2 amide bonds. The molecule has 6 heteroatoms. The standard InChI is InChI=1S/C28H28FN3O2/c1-2-20-6-9-25(10-7-20)30-28(33)32-14-12-31(13-15-32)19-26-18-23-16-22(8-11-27(23)34-26)21-4-3-5-24(29)17-21/h3-11,16-18H,2,12-15,19H2,1H3,(H,30,33). The molecular formula is C28H28FN3O2. The fourth-order valence-electron chi connectivity index (χ4n) is 4.38. The molecule has 0 atom stereocenters. The number of nitrogens with zero attached hydrogens (tertiary/aromatic N) is 2. The number of halogens is 1. The number of carbonyl (C=O) groups is 1. The Morgan fingerprint density at radius 2 is 1.71 bits per heavy atom. The second kappa shape index (κ2) is 9.69. The summed E-state index contributed by atoms with van der Waals surface area (Å²) in [6, 6.07) is 22.5. The highest BCUT2D eigenvalue weighted by molar-refractivity contribution is 5.89. The van der Waals surface area contributed by atoms with Gasteiger partial charge in [0.25, 0.3) is 0 Å². The molecule has 1 aliphatic heterocycles. The van der Waals surface area contributed by atoms with Crippen LogP contribution in [0.1, 0.15) is 18.2 Å². The molecule has 1 N–H and O–H groups in total. The van der Waals surface area contributed by atoms with E-state index in [4.69, 9.17) is 4.42 Å². The van der Waals surface area contributed by atoms with E-state index < -0.39 is 0 Å². The largest absolute Gasteiger partial charge is 0.460 e. The molecule has 1 fully saturated rings. The van der Waals surface area contributed by atoms with Gasteiger partial charge in [0.15, 0.2) is 0 Å². The maximum absolute atomic E-state index is 13.6. The van der Waals surface area contributed by atoms with Crippen LogP contribution in [0.4, 0.5) is 14.9 Å². The number of fused-ring (bicyclic) bond motifs is 1. The molecule has 0 saturated carbocycles. The molecule has 1 saturated heterocycles. The Morgan fingerprint density at radius 3 is 2.44 bits per heavy atom. The van der Waals surface area contributed by atoms with Gasteiger partial charge in [-0.3, -0.25) is 4.90 Å². The van der Waals surface area contributed by atoms with Crippen LogP contribution in [0.15, 0.2) is 77.2 Å². The fraction of sp³-hybridized carbons (Fsp3) is 0.250. The molecule has 4 aromatic rings. The number of hydrogen-bond donors (Lipinski definition) is 1. The van der Waals surface area contributed by atoms with Crippen LogP contribution in [-0.4, -0.2) is 42.0 Å². The van der Waals surface area contributed by atoms with Crippen molar-refractivity contribution in [3.63, 3.8) is 0 Å². The lowest BCUT2D eigenvalue weighted by atomic mass is 10.0. The molecule has 1 aliphatic rings. The number of urea groups is 1. The Kier molecular flexibility index (Phi) is 6.32. The van der Waals surface area contributed by atoms with E-state index in [1.165, 1.54) is 17.7 Å². The summed E-state index contributed by atoms with van der Waals surface area (Å²) in [4.78, 5) is 16.8. The van der Waals surface area contributed by atoms with E-state index in [2.05, 4.69) is 23.2 Å². The molecule has 0 radical (unpaired) electrons. The minimum atomic E-state index is -0.243. The molecule has 3 aromatic carbocycles. The summed E-state index contributed by atoms with van der Waals surface area (Å²) in [6.45, 7) is 5.72. The lowest BCUT2D eigenvalue weighted by molar-refractivity contribution is 0.137. The number of hydrogen-bond acceptors (Lipinski definition) is 3. The van der Waals surface area contributed by atoms with Gasteiger partial charge in [-0.25, -0.2) is 9.18 Å². The molecular weight excluding hydrogens is 429 g/mol. The van der Waals surface area contributed by atoms with Crippen molar-refractivity contribution in [2.45, 2.75) is 19.9 Å². The van der Waals surface area contributed by atoms with Gasteiger partial charge in [-0.2, -0.15) is 0 Å². The van der Waals surface area contributed by atoms with E-state index in [0.29, 0.717) is 19.6 Å². The topological polar surface area (TPSA) is 48.7 Å². The third kappa shape index (κ3) is 4.97. The second-order valence-corrected chi connectivity index (χ2v) is 8.72. The van der Waals surface area contributed by atoms with E-state index in [0.717, 1.165) is 53.1 Å². The molecule has 5 nitrogen and oxygen atoms in total. The number of piperazine rings is 1. The Bertz CT molecular complexity index is 1290.